The number of para-hydroxylation sites is 1. The van der Waals surface area contributed by atoms with Crippen LogP contribution in [0.3, 0.4) is 0 Å². The van der Waals surface area contributed by atoms with Gasteiger partial charge in [-0.05, 0) is 36.2 Å². The number of anilines is 2. The van der Waals surface area contributed by atoms with Gasteiger partial charge in [0.15, 0.2) is 0 Å². The van der Waals surface area contributed by atoms with Gasteiger partial charge in [-0.25, -0.2) is 0 Å². The predicted molar refractivity (Wildman–Crippen MR) is 95.6 cm³/mol. The van der Waals surface area contributed by atoms with Crippen molar-refractivity contribution in [2.45, 2.75) is 19.8 Å². The molecule has 2 rings (SSSR count). The third kappa shape index (κ3) is 4.89. The summed E-state index contributed by atoms with van der Waals surface area (Å²) in [7, 11) is 1.58. The lowest BCUT2D eigenvalue weighted by Gasteiger charge is -2.11. The number of carbonyl (C=O) groups is 1. The summed E-state index contributed by atoms with van der Waals surface area (Å²) in [6.45, 7) is 2.60. The molecule has 2 aromatic rings. The summed E-state index contributed by atoms with van der Waals surface area (Å²) in [5, 5.41) is 6.67. The lowest BCUT2D eigenvalue weighted by molar-refractivity contribution is -0.115. The molecule has 0 bridgehead atoms. The lowest BCUT2D eigenvalue weighted by atomic mass is 10.1. The van der Waals surface area contributed by atoms with Gasteiger partial charge in [0.25, 0.3) is 0 Å². The molecule has 0 saturated heterocycles. The maximum absolute atomic E-state index is 12.0. The van der Waals surface area contributed by atoms with Crippen LogP contribution in [0.4, 0.5) is 11.4 Å². The number of hydrogen-bond acceptors (Lipinski definition) is 3. The van der Waals surface area contributed by atoms with E-state index in [0.717, 1.165) is 23.4 Å². The van der Waals surface area contributed by atoms with Crippen molar-refractivity contribution in [2.24, 2.45) is 0 Å². The van der Waals surface area contributed by atoms with E-state index >= 15 is 0 Å². The van der Waals surface area contributed by atoms with E-state index in [1.807, 2.05) is 30.3 Å². The average molecular weight is 333 g/mol. The number of methoxy groups -OCH3 is 1. The van der Waals surface area contributed by atoms with Crippen molar-refractivity contribution in [3.63, 3.8) is 0 Å². The largest absolute Gasteiger partial charge is 0.495 e. The van der Waals surface area contributed by atoms with Crippen molar-refractivity contribution >= 4 is 28.9 Å². The molecule has 23 heavy (non-hydrogen) atoms. The molecule has 2 aromatic carbocycles. The van der Waals surface area contributed by atoms with Gasteiger partial charge >= 0.3 is 0 Å². The second-order valence-electron chi connectivity index (χ2n) is 5.08. The van der Waals surface area contributed by atoms with Crippen LogP contribution in [0.1, 0.15) is 18.9 Å². The summed E-state index contributed by atoms with van der Waals surface area (Å²) in [6.07, 6.45) is 1.26. The van der Waals surface area contributed by atoms with E-state index in [1.165, 1.54) is 0 Å². The summed E-state index contributed by atoms with van der Waals surface area (Å²) >= 11 is 6.07. The topological polar surface area (TPSA) is 50.4 Å². The number of carbonyl (C=O) groups excluding carboxylic acids is 1. The van der Waals surface area contributed by atoms with Crippen molar-refractivity contribution in [1.82, 2.24) is 0 Å². The minimum atomic E-state index is -0.0157. The van der Waals surface area contributed by atoms with Crippen molar-refractivity contribution in [2.75, 3.05) is 24.3 Å². The summed E-state index contributed by atoms with van der Waals surface area (Å²) < 4.78 is 5.11. The summed E-state index contributed by atoms with van der Waals surface area (Å²) in [6, 6.07) is 13.3. The van der Waals surface area contributed by atoms with Crippen molar-refractivity contribution in [3.8, 4) is 5.75 Å². The Bertz CT molecular complexity index is 674. The molecule has 0 spiro atoms. The number of rotatable bonds is 7. The van der Waals surface area contributed by atoms with E-state index in [4.69, 9.17) is 16.3 Å². The molecule has 0 aromatic heterocycles. The molecule has 0 saturated carbocycles. The first-order valence-electron chi connectivity index (χ1n) is 7.59. The Morgan fingerprint density at radius 1 is 1.22 bits per heavy atom. The highest BCUT2D eigenvalue weighted by Crippen LogP contribution is 2.27. The number of nitrogens with one attached hydrogen (secondary N) is 2. The van der Waals surface area contributed by atoms with Gasteiger partial charge < -0.3 is 15.4 Å². The molecular formula is C18H21ClN2O2. The molecule has 0 heterocycles. The predicted octanol–water partition coefficient (Wildman–Crippen LogP) is 4.35. The summed E-state index contributed by atoms with van der Waals surface area (Å²) in [5.41, 5.74) is 2.88. The highest BCUT2D eigenvalue weighted by atomic mass is 35.5. The highest BCUT2D eigenvalue weighted by Gasteiger charge is 2.06. The normalized spacial score (nSPS) is 10.2. The Hall–Kier alpha value is -2.20. The molecule has 0 unspecified atom stereocenters. The fraction of sp³-hybridized carbons (Fsp3) is 0.278. The Morgan fingerprint density at radius 3 is 2.70 bits per heavy atom. The standard InChI is InChI=1S/C18H21ClN2O2/c1-3-13-6-4-5-7-16(13)21-18(22)10-11-20-14-8-9-17(23-2)15(19)12-14/h4-9,12,20H,3,10-11H2,1-2H3,(H,21,22). The summed E-state index contributed by atoms with van der Waals surface area (Å²) in [4.78, 5) is 12.0. The molecule has 0 fully saturated rings. The number of amides is 1. The van der Waals surface area contributed by atoms with Crippen molar-refractivity contribution in [1.29, 1.82) is 0 Å². The van der Waals surface area contributed by atoms with Crippen LogP contribution in [-0.4, -0.2) is 19.6 Å². The van der Waals surface area contributed by atoms with E-state index in [-0.39, 0.29) is 5.91 Å². The minimum absolute atomic E-state index is 0.0157. The quantitative estimate of drug-likeness (QED) is 0.792. The molecule has 0 atom stereocenters. The van der Waals surface area contributed by atoms with Crippen molar-refractivity contribution in [3.05, 3.63) is 53.1 Å². The Morgan fingerprint density at radius 2 is 2.00 bits per heavy atom. The third-order valence-electron chi connectivity index (χ3n) is 3.51. The van der Waals surface area contributed by atoms with E-state index in [1.54, 1.807) is 19.2 Å². The molecule has 0 aliphatic carbocycles. The Kier molecular flexibility index (Phi) is 6.29. The first-order chi connectivity index (χ1) is 11.1. The van der Waals surface area contributed by atoms with Crippen LogP contribution < -0.4 is 15.4 Å². The molecule has 0 aliphatic heterocycles. The first kappa shape index (κ1) is 17.2. The number of halogens is 1. The maximum atomic E-state index is 12.0. The Labute approximate surface area is 141 Å². The van der Waals surface area contributed by atoms with Gasteiger partial charge in [-0.3, -0.25) is 4.79 Å². The smallest absolute Gasteiger partial charge is 0.226 e. The second kappa shape index (κ2) is 8.44. The zero-order valence-electron chi connectivity index (χ0n) is 13.4. The van der Waals surface area contributed by atoms with Gasteiger partial charge in [0.1, 0.15) is 5.75 Å². The zero-order chi connectivity index (χ0) is 16.7. The molecule has 5 heteroatoms. The van der Waals surface area contributed by atoms with Crippen LogP contribution in [0, 0.1) is 0 Å². The third-order valence-corrected chi connectivity index (χ3v) is 3.80. The molecule has 122 valence electrons. The van der Waals surface area contributed by atoms with Gasteiger partial charge in [-0.15, -0.1) is 0 Å². The fourth-order valence-corrected chi connectivity index (χ4v) is 2.52. The fourth-order valence-electron chi connectivity index (χ4n) is 2.26. The van der Waals surface area contributed by atoms with Crippen LogP contribution >= 0.6 is 11.6 Å². The van der Waals surface area contributed by atoms with E-state index in [9.17, 15) is 4.79 Å². The van der Waals surface area contributed by atoms with Crippen LogP contribution in [0.5, 0.6) is 5.75 Å². The first-order valence-corrected chi connectivity index (χ1v) is 7.97. The van der Waals surface area contributed by atoms with Crippen molar-refractivity contribution < 1.29 is 9.53 Å². The lowest BCUT2D eigenvalue weighted by Crippen LogP contribution is -2.17. The van der Waals surface area contributed by atoms with Gasteiger partial charge in [-0.2, -0.15) is 0 Å². The summed E-state index contributed by atoms with van der Waals surface area (Å²) in [5.74, 6) is 0.615. The van der Waals surface area contributed by atoms with Gasteiger partial charge in [-0.1, -0.05) is 36.7 Å². The molecular weight excluding hydrogens is 312 g/mol. The van der Waals surface area contributed by atoms with Gasteiger partial charge in [0.2, 0.25) is 5.91 Å². The Balaban J connectivity index is 1.84. The maximum Gasteiger partial charge on any atom is 0.226 e. The van der Waals surface area contributed by atoms with E-state index < -0.39 is 0 Å². The van der Waals surface area contributed by atoms with E-state index in [2.05, 4.69) is 17.6 Å². The zero-order valence-corrected chi connectivity index (χ0v) is 14.1. The van der Waals surface area contributed by atoms with Gasteiger partial charge in [0.05, 0.1) is 12.1 Å². The van der Waals surface area contributed by atoms with Crippen LogP contribution in [0.25, 0.3) is 0 Å². The SMILES string of the molecule is CCc1ccccc1NC(=O)CCNc1ccc(OC)c(Cl)c1. The molecule has 0 radical (unpaired) electrons. The van der Waals surface area contributed by atoms with Crippen LogP contribution in [0.15, 0.2) is 42.5 Å². The number of aryl methyl sites for hydroxylation is 1. The molecule has 4 nitrogen and oxygen atoms in total. The molecule has 0 aliphatic rings. The second-order valence-corrected chi connectivity index (χ2v) is 5.49. The number of ether oxygens (including phenoxy) is 1. The van der Waals surface area contributed by atoms with Crippen LogP contribution in [-0.2, 0) is 11.2 Å². The van der Waals surface area contributed by atoms with E-state index in [0.29, 0.717) is 23.7 Å². The monoisotopic (exact) mass is 332 g/mol. The van der Waals surface area contributed by atoms with Crippen LogP contribution in [0.2, 0.25) is 5.02 Å². The average Bonchev–Trinajstić information content (AvgIpc) is 2.55. The number of benzene rings is 2. The molecule has 2 N–H and O–H groups in total. The van der Waals surface area contributed by atoms with Gasteiger partial charge in [0, 0.05) is 24.3 Å². The molecule has 1 amide bonds. The number of hydrogen-bond donors (Lipinski definition) is 2. The highest BCUT2D eigenvalue weighted by molar-refractivity contribution is 6.32. The minimum Gasteiger partial charge on any atom is -0.495 e.